The molecule has 0 N–H and O–H groups in total. The van der Waals surface area contributed by atoms with Crippen LogP contribution in [0.3, 0.4) is 0 Å². The smallest absolute Gasteiger partial charge is 0.128 e. The van der Waals surface area contributed by atoms with E-state index in [0.717, 1.165) is 0 Å². The van der Waals surface area contributed by atoms with Crippen molar-refractivity contribution in [2.45, 2.75) is 25.7 Å². The van der Waals surface area contributed by atoms with Gasteiger partial charge in [-0.05, 0) is 30.9 Å². The number of hydrogen-bond acceptors (Lipinski definition) is 1. The quantitative estimate of drug-likeness (QED) is 0.594. The Balaban J connectivity index is 2.00. The molecule has 0 saturated heterocycles. The van der Waals surface area contributed by atoms with Gasteiger partial charge in [0.05, 0.1) is 12.5 Å². The summed E-state index contributed by atoms with van der Waals surface area (Å²) in [6.07, 6.45) is 5.00. The number of hydrogen-bond donors (Lipinski definition) is 0. The minimum atomic E-state index is -0.321. The molecule has 96 valence electrons. The molecule has 0 heterocycles. The highest BCUT2D eigenvalue weighted by atomic mass is 35.5. The number of ether oxygens (including phenoxy) is 1. The molecule has 1 saturated carbocycles. The van der Waals surface area contributed by atoms with Crippen LogP contribution in [0.5, 0.6) is 5.75 Å². The molecule has 18 heavy (non-hydrogen) atoms. The summed E-state index contributed by atoms with van der Waals surface area (Å²) in [6, 6.07) is 4.56. The van der Waals surface area contributed by atoms with Crippen LogP contribution in [0, 0.1) is 23.6 Å². The summed E-state index contributed by atoms with van der Waals surface area (Å²) in [6.45, 7) is 0.672. The standard InChI is InChI=1S/C15H16ClFO/c16-7-3-6-13-8-14(17)10-15(9-13)18-11-12-4-1-2-5-12/h8-10,12H,1-2,4-5,7,11H2. The van der Waals surface area contributed by atoms with E-state index in [0.29, 0.717) is 23.8 Å². The monoisotopic (exact) mass is 266 g/mol. The van der Waals surface area contributed by atoms with Crippen molar-refractivity contribution in [1.82, 2.24) is 0 Å². The van der Waals surface area contributed by atoms with Crippen LogP contribution < -0.4 is 4.74 Å². The fourth-order valence-electron chi connectivity index (χ4n) is 2.24. The Bertz CT molecular complexity index is 455. The van der Waals surface area contributed by atoms with E-state index in [-0.39, 0.29) is 11.7 Å². The number of rotatable bonds is 3. The molecule has 0 radical (unpaired) electrons. The lowest BCUT2D eigenvalue weighted by Crippen LogP contribution is -2.08. The van der Waals surface area contributed by atoms with Gasteiger partial charge in [0.1, 0.15) is 11.6 Å². The van der Waals surface area contributed by atoms with Crippen molar-refractivity contribution in [2.24, 2.45) is 5.92 Å². The average molecular weight is 267 g/mol. The number of benzene rings is 1. The average Bonchev–Trinajstić information content (AvgIpc) is 2.86. The van der Waals surface area contributed by atoms with E-state index in [1.54, 1.807) is 6.07 Å². The van der Waals surface area contributed by atoms with Gasteiger partial charge in [0.15, 0.2) is 0 Å². The van der Waals surface area contributed by atoms with Crippen molar-refractivity contribution in [3.8, 4) is 17.6 Å². The second-order valence-corrected chi connectivity index (χ2v) is 4.84. The fraction of sp³-hybridized carbons (Fsp3) is 0.467. The van der Waals surface area contributed by atoms with E-state index < -0.39 is 0 Å². The van der Waals surface area contributed by atoms with Gasteiger partial charge in [-0.1, -0.05) is 24.7 Å². The van der Waals surface area contributed by atoms with E-state index in [1.165, 1.54) is 37.8 Å². The molecule has 0 aromatic heterocycles. The van der Waals surface area contributed by atoms with Gasteiger partial charge in [0.2, 0.25) is 0 Å². The lowest BCUT2D eigenvalue weighted by atomic mass is 10.1. The van der Waals surface area contributed by atoms with Crippen LogP contribution in [-0.2, 0) is 0 Å². The van der Waals surface area contributed by atoms with Crippen molar-refractivity contribution in [3.05, 3.63) is 29.6 Å². The molecule has 1 aromatic rings. The Morgan fingerprint density at radius 2 is 2.06 bits per heavy atom. The Hall–Kier alpha value is -1.20. The van der Waals surface area contributed by atoms with Gasteiger partial charge in [-0.25, -0.2) is 4.39 Å². The SMILES string of the molecule is Fc1cc(C#CCCl)cc(OCC2CCCC2)c1. The van der Waals surface area contributed by atoms with E-state index >= 15 is 0 Å². The molecule has 1 nitrogen and oxygen atoms in total. The first kappa shape index (κ1) is 13.2. The van der Waals surface area contributed by atoms with Crippen LogP contribution in [0.1, 0.15) is 31.2 Å². The summed E-state index contributed by atoms with van der Waals surface area (Å²) in [7, 11) is 0. The van der Waals surface area contributed by atoms with Crippen LogP contribution in [0.2, 0.25) is 0 Å². The third kappa shape index (κ3) is 3.92. The van der Waals surface area contributed by atoms with Crippen LogP contribution in [0.15, 0.2) is 18.2 Å². The highest BCUT2D eigenvalue weighted by molar-refractivity contribution is 6.19. The number of alkyl halides is 1. The van der Waals surface area contributed by atoms with Crippen LogP contribution in [0.4, 0.5) is 4.39 Å². The summed E-state index contributed by atoms with van der Waals surface area (Å²) in [5.74, 6) is 6.61. The predicted molar refractivity (Wildman–Crippen MR) is 71.5 cm³/mol. The maximum atomic E-state index is 13.4. The molecule has 1 aliphatic carbocycles. The summed E-state index contributed by atoms with van der Waals surface area (Å²) < 4.78 is 19.0. The summed E-state index contributed by atoms with van der Waals surface area (Å²) in [4.78, 5) is 0. The second-order valence-electron chi connectivity index (χ2n) is 4.57. The van der Waals surface area contributed by atoms with Crippen LogP contribution in [-0.4, -0.2) is 12.5 Å². The molecule has 0 amide bonds. The Kier molecular flexibility index (Phi) is 4.90. The first-order valence-electron chi connectivity index (χ1n) is 6.26. The highest BCUT2D eigenvalue weighted by Crippen LogP contribution is 2.26. The predicted octanol–water partition coefficient (Wildman–Crippen LogP) is 3.99. The molecule has 0 spiro atoms. The molecular weight excluding hydrogens is 251 g/mol. The molecule has 2 rings (SSSR count). The van der Waals surface area contributed by atoms with E-state index in [2.05, 4.69) is 11.8 Å². The molecule has 0 unspecified atom stereocenters. The molecular formula is C15H16ClFO. The maximum absolute atomic E-state index is 13.4. The topological polar surface area (TPSA) is 9.23 Å². The molecule has 3 heteroatoms. The van der Waals surface area contributed by atoms with Crippen LogP contribution >= 0.6 is 11.6 Å². The molecule has 0 bridgehead atoms. The van der Waals surface area contributed by atoms with Crippen LogP contribution in [0.25, 0.3) is 0 Å². The third-order valence-corrected chi connectivity index (χ3v) is 3.26. The van der Waals surface area contributed by atoms with Gasteiger partial charge in [0, 0.05) is 11.6 Å². The van der Waals surface area contributed by atoms with E-state index in [4.69, 9.17) is 16.3 Å². The lowest BCUT2D eigenvalue weighted by Gasteiger charge is -2.11. The van der Waals surface area contributed by atoms with Gasteiger partial charge in [0.25, 0.3) is 0 Å². The summed E-state index contributed by atoms with van der Waals surface area (Å²) in [5.41, 5.74) is 0.608. The van der Waals surface area contributed by atoms with Crippen molar-refractivity contribution in [1.29, 1.82) is 0 Å². The molecule has 1 aromatic carbocycles. The van der Waals surface area contributed by atoms with Crippen molar-refractivity contribution < 1.29 is 9.13 Å². The summed E-state index contributed by atoms with van der Waals surface area (Å²) in [5, 5.41) is 0. The maximum Gasteiger partial charge on any atom is 0.128 e. The largest absolute Gasteiger partial charge is 0.493 e. The third-order valence-electron chi connectivity index (χ3n) is 3.13. The zero-order valence-electron chi connectivity index (χ0n) is 10.2. The minimum absolute atomic E-state index is 0.245. The molecule has 0 atom stereocenters. The van der Waals surface area contributed by atoms with Crippen molar-refractivity contribution in [2.75, 3.05) is 12.5 Å². The van der Waals surface area contributed by atoms with Crippen molar-refractivity contribution in [3.63, 3.8) is 0 Å². The molecule has 1 aliphatic rings. The zero-order valence-corrected chi connectivity index (χ0v) is 11.0. The normalized spacial score (nSPS) is 15.2. The minimum Gasteiger partial charge on any atom is -0.493 e. The summed E-state index contributed by atoms with van der Waals surface area (Å²) >= 11 is 5.48. The van der Waals surface area contributed by atoms with E-state index in [9.17, 15) is 4.39 Å². The lowest BCUT2D eigenvalue weighted by molar-refractivity contribution is 0.251. The molecule has 0 aliphatic heterocycles. The highest BCUT2D eigenvalue weighted by Gasteiger charge is 2.15. The first-order valence-corrected chi connectivity index (χ1v) is 6.79. The molecule has 1 fully saturated rings. The first-order chi connectivity index (χ1) is 8.78. The van der Waals surface area contributed by atoms with E-state index in [1.807, 2.05) is 0 Å². The van der Waals surface area contributed by atoms with Gasteiger partial charge < -0.3 is 4.74 Å². The zero-order chi connectivity index (χ0) is 12.8. The van der Waals surface area contributed by atoms with Gasteiger partial charge in [-0.15, -0.1) is 11.6 Å². The van der Waals surface area contributed by atoms with Gasteiger partial charge in [-0.2, -0.15) is 0 Å². The Morgan fingerprint density at radius 1 is 1.28 bits per heavy atom. The van der Waals surface area contributed by atoms with Gasteiger partial charge >= 0.3 is 0 Å². The Morgan fingerprint density at radius 3 is 2.78 bits per heavy atom. The number of halogens is 2. The second kappa shape index (κ2) is 6.66. The van der Waals surface area contributed by atoms with Crippen molar-refractivity contribution >= 4 is 11.6 Å². The Labute approximate surface area is 112 Å². The van der Waals surface area contributed by atoms with Gasteiger partial charge in [-0.3, -0.25) is 0 Å². The fourth-order valence-corrected chi connectivity index (χ4v) is 2.31.